The highest BCUT2D eigenvalue weighted by Gasteiger charge is 2.33. The summed E-state index contributed by atoms with van der Waals surface area (Å²) in [5.74, 6) is -1.01. The number of carbonyl (C=O) groups excluding carboxylic acids is 1. The van der Waals surface area contributed by atoms with Gasteiger partial charge in [-0.2, -0.15) is 13.2 Å². The summed E-state index contributed by atoms with van der Waals surface area (Å²) < 4.78 is 45.9. The summed E-state index contributed by atoms with van der Waals surface area (Å²) in [7, 11) is 0. The second-order valence-corrected chi connectivity index (χ2v) is 10.3. The average Bonchev–Trinajstić information content (AvgIpc) is 3.21. The predicted molar refractivity (Wildman–Crippen MR) is 139 cm³/mol. The predicted octanol–water partition coefficient (Wildman–Crippen LogP) is 5.69. The zero-order chi connectivity index (χ0) is 27.9. The van der Waals surface area contributed by atoms with Crippen molar-refractivity contribution in [2.24, 2.45) is 0 Å². The summed E-state index contributed by atoms with van der Waals surface area (Å²) in [6, 6.07) is 12.0. The maximum absolute atomic E-state index is 13.5. The van der Waals surface area contributed by atoms with Crippen LogP contribution in [0.3, 0.4) is 0 Å². The Hall–Kier alpha value is -3.53. The van der Waals surface area contributed by atoms with E-state index in [0.717, 1.165) is 22.5 Å². The molecule has 1 heterocycles. The van der Waals surface area contributed by atoms with E-state index >= 15 is 0 Å². The minimum absolute atomic E-state index is 0.0487. The number of carboxylic acids is 1. The van der Waals surface area contributed by atoms with Gasteiger partial charge in [0.2, 0.25) is 0 Å². The summed E-state index contributed by atoms with van der Waals surface area (Å²) in [5, 5.41) is 16.5. The van der Waals surface area contributed by atoms with Gasteiger partial charge in [-0.05, 0) is 63.3 Å². The lowest BCUT2D eigenvalue weighted by atomic mass is 9.97. The number of alkyl halides is 3. The molecule has 0 radical (unpaired) electrons. The van der Waals surface area contributed by atoms with Crippen molar-refractivity contribution in [1.29, 1.82) is 0 Å². The topological polar surface area (TPSA) is 103 Å². The van der Waals surface area contributed by atoms with Gasteiger partial charge in [0.15, 0.2) is 0 Å². The first-order valence-corrected chi connectivity index (χ1v) is 12.5. The largest absolute Gasteiger partial charge is 0.481 e. The summed E-state index contributed by atoms with van der Waals surface area (Å²) in [5.41, 5.74) is 0.541. The van der Waals surface area contributed by atoms with Crippen LogP contribution >= 0.6 is 0 Å². The molecule has 0 aliphatic carbocycles. The summed E-state index contributed by atoms with van der Waals surface area (Å²) >= 11 is 0. The highest BCUT2D eigenvalue weighted by molar-refractivity contribution is 5.83. The molecule has 4 N–H and O–H groups in total. The van der Waals surface area contributed by atoms with E-state index in [4.69, 9.17) is 4.74 Å². The number of carboxylic acid groups (broad SMARTS) is 1. The number of ether oxygens (including phenoxy) is 1. The lowest BCUT2D eigenvalue weighted by Gasteiger charge is -2.27. The highest BCUT2D eigenvalue weighted by atomic mass is 19.4. The minimum atomic E-state index is -4.49. The van der Waals surface area contributed by atoms with Gasteiger partial charge in [-0.3, -0.25) is 4.79 Å². The molecule has 0 spiro atoms. The highest BCUT2D eigenvalue weighted by Crippen LogP contribution is 2.32. The molecule has 0 aliphatic rings. The molecule has 38 heavy (non-hydrogen) atoms. The molecule has 2 aromatic carbocycles. The van der Waals surface area contributed by atoms with Crippen LogP contribution in [0.1, 0.15) is 50.3 Å². The molecule has 0 aliphatic heterocycles. The number of rotatable bonds is 11. The van der Waals surface area contributed by atoms with E-state index in [1.54, 1.807) is 26.8 Å². The number of aryl methyl sites for hydroxylation is 1. The first-order valence-electron chi connectivity index (χ1n) is 12.5. The number of halogens is 3. The molecule has 3 rings (SSSR count). The third-order valence-corrected chi connectivity index (χ3v) is 6.01. The number of carbonyl (C=O) groups is 2. The van der Waals surface area contributed by atoms with E-state index in [1.807, 2.05) is 30.5 Å². The van der Waals surface area contributed by atoms with Crippen LogP contribution in [0.2, 0.25) is 0 Å². The van der Waals surface area contributed by atoms with E-state index in [2.05, 4.69) is 15.6 Å². The Bertz CT molecular complexity index is 1230. The van der Waals surface area contributed by atoms with Crippen molar-refractivity contribution in [2.75, 3.05) is 6.54 Å². The first-order chi connectivity index (χ1) is 17.8. The lowest BCUT2D eigenvalue weighted by Crippen LogP contribution is -2.48. The van der Waals surface area contributed by atoms with Crippen molar-refractivity contribution >= 4 is 23.0 Å². The van der Waals surface area contributed by atoms with Gasteiger partial charge in [-0.15, -0.1) is 0 Å². The van der Waals surface area contributed by atoms with Crippen LogP contribution in [0.5, 0.6) is 0 Å². The maximum atomic E-state index is 13.5. The Morgan fingerprint density at radius 2 is 1.68 bits per heavy atom. The van der Waals surface area contributed by atoms with E-state index in [-0.39, 0.29) is 31.4 Å². The van der Waals surface area contributed by atoms with Gasteiger partial charge in [0, 0.05) is 35.7 Å². The fourth-order valence-electron chi connectivity index (χ4n) is 4.41. The Balaban J connectivity index is 1.79. The summed E-state index contributed by atoms with van der Waals surface area (Å²) in [6.07, 6.45) is -2.85. The zero-order valence-electron chi connectivity index (χ0n) is 21.7. The molecule has 0 saturated carbocycles. The SMILES string of the molecule is CC(C)(C)OC(=O)NCC(CCc1ccccc1C(F)(F)F)N[C@@H](CC(=O)O)Cc1c[nH]c2ccccc12. The van der Waals surface area contributed by atoms with Gasteiger partial charge >= 0.3 is 18.2 Å². The minimum Gasteiger partial charge on any atom is -0.481 e. The van der Waals surface area contributed by atoms with E-state index < -0.39 is 41.5 Å². The van der Waals surface area contributed by atoms with Gasteiger partial charge in [0.05, 0.1) is 12.0 Å². The van der Waals surface area contributed by atoms with Gasteiger partial charge in [0.25, 0.3) is 0 Å². The number of hydrogen-bond donors (Lipinski definition) is 4. The number of fused-ring (bicyclic) bond motifs is 1. The number of aliphatic carboxylic acids is 1. The second-order valence-electron chi connectivity index (χ2n) is 10.3. The smallest absolute Gasteiger partial charge is 0.416 e. The molecule has 1 unspecified atom stereocenters. The molecule has 1 amide bonds. The molecular weight excluding hydrogens is 499 g/mol. The van der Waals surface area contributed by atoms with Gasteiger partial charge < -0.3 is 25.5 Å². The van der Waals surface area contributed by atoms with Gasteiger partial charge in [-0.25, -0.2) is 4.79 Å². The quantitative estimate of drug-likeness (QED) is 0.254. The average molecular weight is 534 g/mol. The van der Waals surface area contributed by atoms with Crippen molar-refractivity contribution in [1.82, 2.24) is 15.6 Å². The normalized spacial score (nSPS) is 13.7. The number of amides is 1. The number of para-hydroxylation sites is 1. The number of aromatic nitrogens is 1. The van der Waals surface area contributed by atoms with Crippen LogP contribution in [0, 0.1) is 0 Å². The molecule has 3 aromatic rings. The number of H-pyrrole nitrogens is 1. The fraction of sp³-hybridized carbons (Fsp3) is 0.429. The number of alkyl carbamates (subject to hydrolysis) is 1. The van der Waals surface area contributed by atoms with Crippen LogP contribution in [-0.4, -0.2) is 46.4 Å². The first kappa shape index (κ1) is 29.0. The maximum Gasteiger partial charge on any atom is 0.416 e. The summed E-state index contributed by atoms with van der Waals surface area (Å²) in [6.45, 7) is 5.22. The number of aromatic amines is 1. The van der Waals surface area contributed by atoms with Crippen molar-refractivity contribution in [3.05, 3.63) is 71.4 Å². The second kappa shape index (κ2) is 12.3. The van der Waals surface area contributed by atoms with E-state index in [9.17, 15) is 27.9 Å². The van der Waals surface area contributed by atoms with E-state index in [1.165, 1.54) is 12.1 Å². The Morgan fingerprint density at radius 3 is 2.37 bits per heavy atom. The number of nitrogens with one attached hydrogen (secondary N) is 3. The molecule has 0 bridgehead atoms. The van der Waals surface area contributed by atoms with Crippen LogP contribution in [-0.2, 0) is 28.5 Å². The van der Waals surface area contributed by atoms with Crippen molar-refractivity contribution in [3.8, 4) is 0 Å². The third kappa shape index (κ3) is 8.79. The van der Waals surface area contributed by atoms with Crippen molar-refractivity contribution in [3.63, 3.8) is 0 Å². The van der Waals surface area contributed by atoms with Crippen LogP contribution in [0.15, 0.2) is 54.7 Å². The van der Waals surface area contributed by atoms with Crippen LogP contribution in [0.4, 0.5) is 18.0 Å². The molecule has 1 aromatic heterocycles. The van der Waals surface area contributed by atoms with Crippen molar-refractivity contribution in [2.45, 2.75) is 70.3 Å². The van der Waals surface area contributed by atoms with Crippen molar-refractivity contribution < 1.29 is 32.6 Å². The molecule has 7 nitrogen and oxygen atoms in total. The zero-order valence-corrected chi connectivity index (χ0v) is 21.7. The fourth-order valence-corrected chi connectivity index (χ4v) is 4.41. The van der Waals surface area contributed by atoms with Crippen LogP contribution < -0.4 is 10.6 Å². The molecule has 10 heteroatoms. The molecule has 0 fully saturated rings. The molecule has 2 atom stereocenters. The van der Waals surface area contributed by atoms with Crippen LogP contribution in [0.25, 0.3) is 10.9 Å². The standard InChI is InChI=1S/C28H34F3N3O4/c1-27(2,3)38-26(37)33-17-20(13-12-18-8-4-6-10-23(18)28(29,30)31)34-21(15-25(35)36)14-19-16-32-24-11-7-5-9-22(19)24/h4-11,16,20-21,32,34H,12-15,17H2,1-3H3,(H,33,37)(H,35,36)/t20?,21-/m1/s1. The Labute approximate surface area is 219 Å². The monoisotopic (exact) mass is 533 g/mol. The van der Waals surface area contributed by atoms with E-state index in [0.29, 0.717) is 6.42 Å². The Morgan fingerprint density at radius 1 is 1.00 bits per heavy atom. The Kier molecular flexibility index (Phi) is 9.43. The van der Waals surface area contributed by atoms with Gasteiger partial charge in [0.1, 0.15) is 5.60 Å². The van der Waals surface area contributed by atoms with Gasteiger partial charge in [-0.1, -0.05) is 36.4 Å². The summed E-state index contributed by atoms with van der Waals surface area (Å²) in [4.78, 5) is 27.1. The third-order valence-electron chi connectivity index (χ3n) is 6.01. The molecule has 0 saturated heterocycles. The number of hydrogen-bond acceptors (Lipinski definition) is 4. The molecular formula is C28H34F3N3O4. The molecule has 206 valence electrons. The number of benzene rings is 2. The lowest BCUT2D eigenvalue weighted by molar-refractivity contribution is -0.139.